The topological polar surface area (TPSA) is 84.2 Å². The molecule has 11 heteroatoms. The quantitative estimate of drug-likeness (QED) is 0.299. The van der Waals surface area contributed by atoms with E-state index < -0.39 is 0 Å². The minimum atomic E-state index is -0.364. The van der Waals surface area contributed by atoms with Gasteiger partial charge >= 0.3 is 0 Å². The Balaban J connectivity index is 1.42. The number of amides is 1. The zero-order chi connectivity index (χ0) is 19.7. The lowest BCUT2D eigenvalue weighted by molar-refractivity contribution is 0.0978. The first-order valence-corrected chi connectivity index (χ1v) is 10.5. The maximum atomic E-state index is 12.4. The fourth-order valence-electron chi connectivity index (χ4n) is 2.38. The highest BCUT2D eigenvalue weighted by Crippen LogP contribution is 2.26. The van der Waals surface area contributed by atoms with Crippen LogP contribution in [0, 0.1) is 3.57 Å². The summed E-state index contributed by atoms with van der Waals surface area (Å²) in [7, 11) is 0. The molecule has 0 unspecified atom stereocenters. The van der Waals surface area contributed by atoms with Gasteiger partial charge in [0.25, 0.3) is 5.91 Å². The number of halogens is 2. The molecule has 1 amide bonds. The second kappa shape index (κ2) is 8.07. The van der Waals surface area contributed by atoms with Crippen molar-refractivity contribution in [1.82, 2.24) is 25.1 Å². The van der Waals surface area contributed by atoms with Crippen LogP contribution in [0.1, 0.15) is 10.4 Å². The van der Waals surface area contributed by atoms with Gasteiger partial charge in [0.2, 0.25) is 4.96 Å². The molecule has 0 saturated heterocycles. The van der Waals surface area contributed by atoms with Gasteiger partial charge in [-0.3, -0.25) is 10.1 Å². The van der Waals surface area contributed by atoms with Crippen molar-refractivity contribution in [3.05, 3.63) is 62.9 Å². The average molecular weight is 541 g/mol. The number of thiocarbonyl (C=S) groups is 1. The van der Waals surface area contributed by atoms with Crippen molar-refractivity contribution in [2.75, 3.05) is 5.32 Å². The molecule has 0 fully saturated rings. The Morgan fingerprint density at radius 2 is 2.00 bits per heavy atom. The summed E-state index contributed by atoms with van der Waals surface area (Å²) in [5, 5.41) is 19.2. The van der Waals surface area contributed by atoms with Crippen molar-refractivity contribution in [3.8, 4) is 10.6 Å². The van der Waals surface area contributed by atoms with Crippen LogP contribution in [-0.4, -0.2) is 30.8 Å². The normalized spacial score (nSPS) is 10.8. The van der Waals surface area contributed by atoms with Crippen LogP contribution in [-0.2, 0) is 0 Å². The Bertz CT molecular complexity index is 1160. The van der Waals surface area contributed by atoms with E-state index in [4.69, 9.17) is 23.8 Å². The van der Waals surface area contributed by atoms with E-state index in [-0.39, 0.29) is 11.0 Å². The van der Waals surface area contributed by atoms with Crippen LogP contribution < -0.4 is 10.6 Å². The van der Waals surface area contributed by atoms with Crippen LogP contribution in [0.4, 0.5) is 5.69 Å². The molecular weight excluding hydrogens is 531 g/mol. The fourth-order valence-corrected chi connectivity index (χ4v) is 4.11. The van der Waals surface area contributed by atoms with Crippen LogP contribution in [0.5, 0.6) is 0 Å². The first-order chi connectivity index (χ1) is 13.5. The Labute approximate surface area is 187 Å². The first-order valence-electron chi connectivity index (χ1n) is 7.84. The number of fused-ring (bicyclic) bond motifs is 1. The summed E-state index contributed by atoms with van der Waals surface area (Å²) in [6.07, 6.45) is 1.56. The van der Waals surface area contributed by atoms with E-state index in [9.17, 15) is 4.79 Å². The smallest absolute Gasteiger partial charge is 0.258 e. The molecule has 4 aromatic rings. The molecule has 0 aliphatic rings. The van der Waals surface area contributed by atoms with Gasteiger partial charge in [-0.05, 0) is 77.3 Å². The number of carbonyl (C=O) groups excluding carboxylic acids is 1. The number of anilines is 1. The third kappa shape index (κ3) is 4.14. The van der Waals surface area contributed by atoms with Crippen molar-refractivity contribution < 1.29 is 4.79 Å². The Kier molecular flexibility index (Phi) is 5.53. The molecule has 0 bridgehead atoms. The third-order valence-corrected chi connectivity index (χ3v) is 5.84. The maximum Gasteiger partial charge on any atom is 0.258 e. The summed E-state index contributed by atoms with van der Waals surface area (Å²) in [6.45, 7) is 0. The molecule has 0 radical (unpaired) electrons. The van der Waals surface area contributed by atoms with Crippen molar-refractivity contribution in [2.24, 2.45) is 0 Å². The number of hydrogen-bond acceptors (Lipinski definition) is 6. The van der Waals surface area contributed by atoms with E-state index in [0.717, 1.165) is 24.8 Å². The number of benzene rings is 2. The molecular formula is C17H10ClIN6OS2. The molecule has 0 spiro atoms. The van der Waals surface area contributed by atoms with Gasteiger partial charge in [0, 0.05) is 14.8 Å². The number of nitrogens with zero attached hydrogens (tertiary/aromatic N) is 4. The number of carbonyl (C=O) groups is 1. The number of rotatable bonds is 3. The van der Waals surface area contributed by atoms with Gasteiger partial charge in [0.1, 0.15) is 11.3 Å². The molecule has 2 N–H and O–H groups in total. The van der Waals surface area contributed by atoms with Crippen molar-refractivity contribution in [3.63, 3.8) is 0 Å². The lowest BCUT2D eigenvalue weighted by Gasteiger charge is -2.11. The van der Waals surface area contributed by atoms with E-state index in [1.807, 2.05) is 30.3 Å². The molecule has 4 rings (SSSR count). The summed E-state index contributed by atoms with van der Waals surface area (Å²) >= 11 is 14.9. The average Bonchev–Trinajstić information content (AvgIpc) is 3.26. The van der Waals surface area contributed by atoms with E-state index in [0.29, 0.717) is 10.6 Å². The summed E-state index contributed by atoms with van der Waals surface area (Å²) in [5.41, 5.74) is 2.06. The predicted molar refractivity (Wildman–Crippen MR) is 122 cm³/mol. The zero-order valence-electron chi connectivity index (χ0n) is 13.9. The van der Waals surface area contributed by atoms with Gasteiger partial charge in [0.05, 0.1) is 10.6 Å². The second-order valence-electron chi connectivity index (χ2n) is 5.58. The highest BCUT2D eigenvalue weighted by molar-refractivity contribution is 14.1. The standard InChI is InChI=1S/C17H10ClIN6OS2/c18-13-6-3-10(19)7-12(13)14(26)22-16(27)21-11-4-1-9(2-5-11)15-24-25-8-20-23-17(25)28-15/h1-8H,(H2,21,22,26,27). The van der Waals surface area contributed by atoms with Crippen LogP contribution in [0.25, 0.3) is 15.5 Å². The zero-order valence-corrected chi connectivity index (χ0v) is 18.4. The molecule has 0 atom stereocenters. The molecule has 2 aromatic carbocycles. The van der Waals surface area contributed by atoms with Crippen LogP contribution in [0.2, 0.25) is 5.02 Å². The second-order valence-corrected chi connectivity index (χ2v) is 8.59. The van der Waals surface area contributed by atoms with E-state index in [1.165, 1.54) is 11.3 Å². The fraction of sp³-hybridized carbons (Fsp3) is 0. The number of hydrogen-bond donors (Lipinski definition) is 2. The number of aromatic nitrogens is 4. The van der Waals surface area contributed by atoms with Crippen LogP contribution >= 0.6 is 57.7 Å². The van der Waals surface area contributed by atoms with Gasteiger partial charge in [-0.25, -0.2) is 0 Å². The van der Waals surface area contributed by atoms with Gasteiger partial charge in [-0.15, -0.1) is 10.2 Å². The lowest BCUT2D eigenvalue weighted by Crippen LogP contribution is -2.34. The van der Waals surface area contributed by atoms with Gasteiger partial charge in [0.15, 0.2) is 5.11 Å². The first kappa shape index (κ1) is 19.2. The van der Waals surface area contributed by atoms with Gasteiger partial charge < -0.3 is 5.32 Å². The molecule has 28 heavy (non-hydrogen) atoms. The van der Waals surface area contributed by atoms with E-state index in [1.54, 1.807) is 23.0 Å². The van der Waals surface area contributed by atoms with Gasteiger partial charge in [-0.2, -0.15) is 9.61 Å². The summed E-state index contributed by atoms with van der Waals surface area (Å²) in [5.74, 6) is -0.364. The van der Waals surface area contributed by atoms with Gasteiger partial charge in [-0.1, -0.05) is 22.9 Å². The summed E-state index contributed by atoms with van der Waals surface area (Å²) in [4.78, 5) is 13.1. The van der Waals surface area contributed by atoms with E-state index >= 15 is 0 Å². The van der Waals surface area contributed by atoms with Crippen LogP contribution in [0.3, 0.4) is 0 Å². The Morgan fingerprint density at radius 3 is 2.75 bits per heavy atom. The van der Waals surface area contributed by atoms with Crippen molar-refractivity contribution in [1.29, 1.82) is 0 Å². The molecule has 0 aliphatic carbocycles. The van der Waals surface area contributed by atoms with E-state index in [2.05, 4.69) is 48.5 Å². The maximum absolute atomic E-state index is 12.4. The monoisotopic (exact) mass is 540 g/mol. The van der Waals surface area contributed by atoms with Crippen LogP contribution in [0.15, 0.2) is 48.8 Å². The molecule has 7 nitrogen and oxygen atoms in total. The van der Waals surface area contributed by atoms with Crippen molar-refractivity contribution in [2.45, 2.75) is 0 Å². The predicted octanol–water partition coefficient (Wildman–Crippen LogP) is 4.24. The summed E-state index contributed by atoms with van der Waals surface area (Å²) in [6, 6.07) is 12.7. The Morgan fingerprint density at radius 1 is 1.21 bits per heavy atom. The molecule has 2 heterocycles. The molecule has 0 aliphatic heterocycles. The SMILES string of the molecule is O=C(NC(=S)Nc1ccc(-c2nn3cnnc3s2)cc1)c1cc(I)ccc1Cl. The minimum Gasteiger partial charge on any atom is -0.332 e. The number of nitrogens with one attached hydrogen (secondary N) is 2. The Hall–Kier alpha value is -2.15. The third-order valence-electron chi connectivity index (χ3n) is 3.68. The molecule has 2 aromatic heterocycles. The molecule has 140 valence electrons. The molecule has 0 saturated carbocycles. The minimum absolute atomic E-state index is 0.187. The lowest BCUT2D eigenvalue weighted by atomic mass is 10.2. The largest absolute Gasteiger partial charge is 0.332 e. The highest BCUT2D eigenvalue weighted by atomic mass is 127. The highest BCUT2D eigenvalue weighted by Gasteiger charge is 2.13. The summed E-state index contributed by atoms with van der Waals surface area (Å²) < 4.78 is 2.54. The van der Waals surface area contributed by atoms with Crippen molar-refractivity contribution >= 4 is 79.4 Å².